The SMILES string of the molecule is CC/C=C\C/C=C\C/C=C\C/C=C\C/C=C\C/C=C\C/C=C\CCCC(=O)OCC(COC(=O)CCCCCCCCCCC)OC(=O)CCCCCCC/C=C\C/C=C\CCCC. The summed E-state index contributed by atoms with van der Waals surface area (Å²) in [6.45, 7) is 6.38. The van der Waals surface area contributed by atoms with Gasteiger partial charge < -0.3 is 14.2 Å². The number of hydrogen-bond donors (Lipinski definition) is 0. The zero-order chi connectivity index (χ0) is 46.5. The van der Waals surface area contributed by atoms with Crippen molar-refractivity contribution in [3.05, 3.63) is 109 Å². The zero-order valence-corrected chi connectivity index (χ0v) is 41.3. The van der Waals surface area contributed by atoms with Crippen molar-refractivity contribution in [3.63, 3.8) is 0 Å². The number of carbonyl (C=O) groups is 3. The van der Waals surface area contributed by atoms with Crippen LogP contribution < -0.4 is 0 Å². The summed E-state index contributed by atoms with van der Waals surface area (Å²) in [6.07, 6.45) is 69.4. The molecule has 0 aliphatic rings. The normalized spacial score (nSPS) is 13.0. The van der Waals surface area contributed by atoms with Crippen LogP contribution in [0.2, 0.25) is 0 Å². The van der Waals surface area contributed by atoms with Gasteiger partial charge in [0.15, 0.2) is 6.10 Å². The van der Waals surface area contributed by atoms with Crippen LogP contribution in [0.1, 0.15) is 220 Å². The molecule has 0 aromatic rings. The van der Waals surface area contributed by atoms with E-state index in [0.29, 0.717) is 19.3 Å². The molecule has 0 bridgehead atoms. The summed E-state index contributed by atoms with van der Waals surface area (Å²) < 4.78 is 16.7. The second kappa shape index (κ2) is 51.7. The number of esters is 3. The molecule has 64 heavy (non-hydrogen) atoms. The van der Waals surface area contributed by atoms with Crippen molar-refractivity contribution < 1.29 is 28.6 Å². The molecular formula is C58H94O6. The van der Waals surface area contributed by atoms with Crippen molar-refractivity contribution in [1.29, 1.82) is 0 Å². The predicted octanol–water partition coefficient (Wildman–Crippen LogP) is 17.1. The van der Waals surface area contributed by atoms with E-state index in [1.54, 1.807) is 0 Å². The standard InChI is InChI=1S/C58H94O6/c1-4-7-10-13-16-19-21-23-25-26-27-28-29-30-31-32-33-35-36-39-42-45-48-51-57(60)63-54-55(53-62-56(59)50-47-44-41-38-18-15-12-9-6-3)64-58(61)52-49-46-43-40-37-34-24-22-20-17-14-11-8-5-2/h7,10,14,16-17,19,22-25,27-28,30-31,33,35,39,42,55H,4-6,8-9,11-13,15,18,20-21,26,29,32,34,36-38,40-41,43-54H2,1-3H3/b10-7-,17-14-,19-16-,24-22-,25-23-,28-27-,31-30-,35-33-,42-39-. The molecule has 0 saturated heterocycles. The van der Waals surface area contributed by atoms with Gasteiger partial charge in [-0.15, -0.1) is 0 Å². The first-order valence-electron chi connectivity index (χ1n) is 25.9. The minimum Gasteiger partial charge on any atom is -0.462 e. The Hall–Kier alpha value is -3.93. The number of allylic oxidation sites excluding steroid dienone is 18. The Morgan fingerprint density at radius 2 is 0.641 bits per heavy atom. The maximum absolute atomic E-state index is 12.8. The van der Waals surface area contributed by atoms with Gasteiger partial charge in [-0.3, -0.25) is 14.4 Å². The van der Waals surface area contributed by atoms with Gasteiger partial charge in [0.1, 0.15) is 13.2 Å². The molecule has 0 rings (SSSR count). The molecule has 0 fully saturated rings. The summed E-state index contributed by atoms with van der Waals surface area (Å²) in [6, 6.07) is 0. The van der Waals surface area contributed by atoms with Crippen molar-refractivity contribution in [1.82, 2.24) is 0 Å². The molecular weight excluding hydrogens is 793 g/mol. The van der Waals surface area contributed by atoms with Crippen LogP contribution in [0.15, 0.2) is 109 Å². The van der Waals surface area contributed by atoms with Gasteiger partial charge in [0.05, 0.1) is 0 Å². The molecule has 0 radical (unpaired) electrons. The van der Waals surface area contributed by atoms with Crippen LogP contribution >= 0.6 is 0 Å². The molecule has 0 heterocycles. The summed E-state index contributed by atoms with van der Waals surface area (Å²) in [7, 11) is 0. The quantitative estimate of drug-likeness (QED) is 0.0262. The van der Waals surface area contributed by atoms with Gasteiger partial charge in [-0.2, -0.15) is 0 Å². The van der Waals surface area contributed by atoms with E-state index in [1.807, 2.05) is 0 Å². The third-order valence-electron chi connectivity index (χ3n) is 10.5. The van der Waals surface area contributed by atoms with Crippen LogP contribution in [0.4, 0.5) is 0 Å². The summed E-state index contributed by atoms with van der Waals surface area (Å²) in [5.74, 6) is -0.988. The highest BCUT2D eigenvalue weighted by Gasteiger charge is 2.19. The topological polar surface area (TPSA) is 78.9 Å². The minimum atomic E-state index is -0.807. The van der Waals surface area contributed by atoms with Crippen LogP contribution in [0.25, 0.3) is 0 Å². The smallest absolute Gasteiger partial charge is 0.306 e. The van der Waals surface area contributed by atoms with Gasteiger partial charge in [-0.25, -0.2) is 0 Å². The lowest BCUT2D eigenvalue weighted by molar-refractivity contribution is -0.167. The van der Waals surface area contributed by atoms with Gasteiger partial charge in [-0.1, -0.05) is 214 Å². The fraction of sp³-hybridized carbons (Fsp3) is 0.638. The molecule has 0 N–H and O–H groups in total. The number of carbonyl (C=O) groups excluding carboxylic acids is 3. The average Bonchev–Trinajstić information content (AvgIpc) is 3.29. The van der Waals surface area contributed by atoms with Crippen molar-refractivity contribution >= 4 is 17.9 Å². The second-order valence-corrected chi connectivity index (χ2v) is 16.7. The number of ether oxygens (including phenoxy) is 3. The first-order valence-corrected chi connectivity index (χ1v) is 25.9. The Morgan fingerprint density at radius 3 is 1.06 bits per heavy atom. The molecule has 0 aromatic carbocycles. The molecule has 1 atom stereocenters. The second-order valence-electron chi connectivity index (χ2n) is 16.7. The van der Waals surface area contributed by atoms with E-state index in [0.717, 1.165) is 116 Å². The van der Waals surface area contributed by atoms with E-state index >= 15 is 0 Å². The van der Waals surface area contributed by atoms with Gasteiger partial charge in [-0.05, 0) is 96.3 Å². The molecule has 0 aromatic heterocycles. The lowest BCUT2D eigenvalue weighted by atomic mass is 10.1. The molecule has 0 aliphatic heterocycles. The highest BCUT2D eigenvalue weighted by atomic mass is 16.6. The van der Waals surface area contributed by atoms with Crippen molar-refractivity contribution in [2.45, 2.75) is 226 Å². The maximum Gasteiger partial charge on any atom is 0.306 e. The number of rotatable bonds is 45. The van der Waals surface area contributed by atoms with E-state index in [1.165, 1.54) is 57.8 Å². The van der Waals surface area contributed by atoms with E-state index in [9.17, 15) is 14.4 Å². The zero-order valence-electron chi connectivity index (χ0n) is 41.3. The van der Waals surface area contributed by atoms with Gasteiger partial charge in [0.25, 0.3) is 0 Å². The van der Waals surface area contributed by atoms with Crippen LogP contribution in [0, 0.1) is 0 Å². The summed E-state index contributed by atoms with van der Waals surface area (Å²) in [4.78, 5) is 37.9. The maximum atomic E-state index is 12.8. The predicted molar refractivity (Wildman–Crippen MR) is 274 cm³/mol. The van der Waals surface area contributed by atoms with E-state index < -0.39 is 6.10 Å². The number of unbranched alkanes of at least 4 members (excludes halogenated alkanes) is 16. The van der Waals surface area contributed by atoms with E-state index in [-0.39, 0.29) is 37.5 Å². The van der Waals surface area contributed by atoms with Gasteiger partial charge >= 0.3 is 17.9 Å². The Kier molecular flexibility index (Phi) is 48.5. The molecule has 0 spiro atoms. The van der Waals surface area contributed by atoms with Crippen molar-refractivity contribution in [2.24, 2.45) is 0 Å². The highest BCUT2D eigenvalue weighted by molar-refractivity contribution is 5.71. The molecule has 0 amide bonds. The van der Waals surface area contributed by atoms with Crippen LogP contribution in [0.5, 0.6) is 0 Å². The monoisotopic (exact) mass is 887 g/mol. The third kappa shape index (κ3) is 49.1. The Bertz CT molecular complexity index is 1340. The van der Waals surface area contributed by atoms with Gasteiger partial charge in [0, 0.05) is 19.3 Å². The summed E-state index contributed by atoms with van der Waals surface area (Å²) >= 11 is 0. The highest BCUT2D eigenvalue weighted by Crippen LogP contribution is 2.13. The minimum absolute atomic E-state index is 0.103. The van der Waals surface area contributed by atoms with Crippen LogP contribution in [0.3, 0.4) is 0 Å². The fourth-order valence-electron chi connectivity index (χ4n) is 6.62. The molecule has 1 unspecified atom stereocenters. The van der Waals surface area contributed by atoms with Crippen molar-refractivity contribution in [3.8, 4) is 0 Å². The lowest BCUT2D eigenvalue weighted by Gasteiger charge is -2.18. The average molecular weight is 887 g/mol. The molecule has 0 aliphatic carbocycles. The Morgan fingerprint density at radius 1 is 0.328 bits per heavy atom. The Labute approximate surface area is 393 Å². The first kappa shape index (κ1) is 60.1. The molecule has 0 saturated carbocycles. The van der Waals surface area contributed by atoms with Gasteiger partial charge in [0.2, 0.25) is 0 Å². The summed E-state index contributed by atoms with van der Waals surface area (Å²) in [5.41, 5.74) is 0. The molecule has 6 heteroatoms. The summed E-state index contributed by atoms with van der Waals surface area (Å²) in [5, 5.41) is 0. The lowest BCUT2D eigenvalue weighted by Crippen LogP contribution is -2.30. The number of hydrogen-bond acceptors (Lipinski definition) is 6. The molecule has 362 valence electrons. The molecule has 6 nitrogen and oxygen atoms in total. The Balaban J connectivity index is 4.44. The largest absolute Gasteiger partial charge is 0.462 e. The van der Waals surface area contributed by atoms with Crippen LogP contribution in [-0.2, 0) is 28.6 Å². The van der Waals surface area contributed by atoms with E-state index in [2.05, 4.69) is 130 Å². The van der Waals surface area contributed by atoms with E-state index in [4.69, 9.17) is 14.2 Å². The third-order valence-corrected chi connectivity index (χ3v) is 10.5. The fourth-order valence-corrected chi connectivity index (χ4v) is 6.62. The van der Waals surface area contributed by atoms with Crippen molar-refractivity contribution in [2.75, 3.05) is 13.2 Å². The van der Waals surface area contributed by atoms with Crippen LogP contribution in [-0.4, -0.2) is 37.2 Å². The first-order chi connectivity index (χ1) is 31.5.